The molecule has 0 amide bonds. The van der Waals surface area contributed by atoms with Crippen LogP contribution in [0.15, 0.2) is 51.4 Å². The highest BCUT2D eigenvalue weighted by Crippen LogP contribution is 2.24. The Morgan fingerprint density at radius 3 is 2.38 bits per heavy atom. The molecule has 1 atom stereocenters. The van der Waals surface area contributed by atoms with Crippen LogP contribution < -0.4 is 5.32 Å². The van der Waals surface area contributed by atoms with Crippen LogP contribution in [-0.4, -0.2) is 4.92 Å². The lowest BCUT2D eigenvalue weighted by Gasteiger charge is -2.14. The van der Waals surface area contributed by atoms with Crippen molar-refractivity contribution in [3.8, 4) is 0 Å². The minimum atomic E-state index is -0.353. The molecule has 2 aromatic carbocycles. The summed E-state index contributed by atoms with van der Waals surface area (Å²) in [7, 11) is 0. The normalized spacial score (nSPS) is 12.1. The second kappa shape index (κ2) is 7.15. The third-order valence-electron chi connectivity index (χ3n) is 3.21. The van der Waals surface area contributed by atoms with E-state index in [0.717, 1.165) is 14.5 Å². The van der Waals surface area contributed by atoms with E-state index >= 15 is 0 Å². The highest BCUT2D eigenvalue weighted by atomic mass is 79.9. The number of hydrogen-bond acceptors (Lipinski definition) is 3. The van der Waals surface area contributed by atoms with E-state index < -0.39 is 0 Å². The number of hydrogen-bond donors (Lipinski definition) is 1. The third-order valence-corrected chi connectivity index (χ3v) is 4.23. The van der Waals surface area contributed by atoms with Crippen LogP contribution >= 0.6 is 31.9 Å². The first-order valence-electron chi connectivity index (χ1n) is 6.39. The van der Waals surface area contributed by atoms with E-state index in [0.29, 0.717) is 12.1 Å². The molecule has 0 heterocycles. The van der Waals surface area contributed by atoms with Crippen molar-refractivity contribution in [3.63, 3.8) is 0 Å². The Kier molecular flexibility index (Phi) is 5.50. The second-order valence-electron chi connectivity index (χ2n) is 4.68. The maximum absolute atomic E-state index is 11.0. The number of nitrogens with one attached hydrogen (secondary N) is 1. The average molecular weight is 414 g/mol. The van der Waals surface area contributed by atoms with E-state index in [1.165, 1.54) is 6.07 Å². The van der Waals surface area contributed by atoms with Gasteiger partial charge in [0.1, 0.15) is 0 Å². The summed E-state index contributed by atoms with van der Waals surface area (Å²) in [6.07, 6.45) is 0. The van der Waals surface area contributed by atoms with E-state index in [9.17, 15) is 10.1 Å². The van der Waals surface area contributed by atoms with Gasteiger partial charge in [-0.1, -0.05) is 44.0 Å². The van der Waals surface area contributed by atoms with E-state index in [2.05, 4.69) is 37.2 Å². The second-order valence-corrected chi connectivity index (χ2v) is 6.52. The van der Waals surface area contributed by atoms with Gasteiger partial charge in [0.2, 0.25) is 0 Å². The smallest absolute Gasteiger partial charge is 0.273 e. The number of benzene rings is 2. The first-order valence-corrected chi connectivity index (χ1v) is 7.97. The summed E-state index contributed by atoms with van der Waals surface area (Å²) in [5.74, 6) is 0. The van der Waals surface area contributed by atoms with Crippen LogP contribution in [0, 0.1) is 10.1 Å². The lowest BCUT2D eigenvalue weighted by molar-refractivity contribution is -0.385. The monoisotopic (exact) mass is 412 g/mol. The fraction of sp³-hybridized carbons (Fsp3) is 0.200. The summed E-state index contributed by atoms with van der Waals surface area (Å²) in [4.78, 5) is 10.7. The van der Waals surface area contributed by atoms with Crippen LogP contribution in [0.25, 0.3) is 0 Å². The Morgan fingerprint density at radius 1 is 1.14 bits per heavy atom. The van der Waals surface area contributed by atoms with Crippen LogP contribution in [0.4, 0.5) is 5.69 Å². The largest absolute Gasteiger partial charge is 0.306 e. The molecule has 0 spiro atoms. The number of nitro groups is 1. The van der Waals surface area contributed by atoms with E-state index in [1.54, 1.807) is 12.1 Å². The molecule has 0 aliphatic rings. The Hall–Kier alpha value is -1.24. The molecule has 1 unspecified atom stereocenters. The molecule has 0 aromatic heterocycles. The molecule has 4 nitrogen and oxygen atoms in total. The Labute approximate surface area is 140 Å². The fourth-order valence-electron chi connectivity index (χ4n) is 2.01. The molecule has 2 rings (SSSR count). The zero-order valence-electron chi connectivity index (χ0n) is 11.3. The van der Waals surface area contributed by atoms with Gasteiger partial charge in [0, 0.05) is 33.2 Å². The predicted molar refractivity (Wildman–Crippen MR) is 90.2 cm³/mol. The third kappa shape index (κ3) is 4.36. The van der Waals surface area contributed by atoms with Crippen molar-refractivity contribution in [1.82, 2.24) is 5.32 Å². The topological polar surface area (TPSA) is 55.2 Å². The van der Waals surface area contributed by atoms with Crippen molar-refractivity contribution >= 4 is 37.5 Å². The molecule has 6 heteroatoms. The van der Waals surface area contributed by atoms with Crippen molar-refractivity contribution in [1.29, 1.82) is 0 Å². The maximum Gasteiger partial charge on any atom is 0.273 e. The lowest BCUT2D eigenvalue weighted by atomic mass is 10.1. The Balaban J connectivity index is 2.10. The van der Waals surface area contributed by atoms with Gasteiger partial charge in [-0.3, -0.25) is 10.1 Å². The van der Waals surface area contributed by atoms with E-state index in [4.69, 9.17) is 0 Å². The number of rotatable bonds is 5. The summed E-state index contributed by atoms with van der Waals surface area (Å²) < 4.78 is 1.86. The number of halogens is 2. The van der Waals surface area contributed by atoms with Gasteiger partial charge >= 0.3 is 0 Å². The molecule has 0 aliphatic carbocycles. The standard InChI is InChI=1S/C15H14Br2N2O2/c1-10(11-2-4-13(16)5-3-11)18-9-12-8-14(17)6-7-15(12)19(20)21/h2-8,10,18H,9H2,1H3. The lowest BCUT2D eigenvalue weighted by Crippen LogP contribution is -2.18. The molecular weight excluding hydrogens is 400 g/mol. The Morgan fingerprint density at radius 2 is 1.76 bits per heavy atom. The van der Waals surface area contributed by atoms with Gasteiger partial charge in [0.25, 0.3) is 5.69 Å². The van der Waals surface area contributed by atoms with Gasteiger partial charge in [0.15, 0.2) is 0 Å². The van der Waals surface area contributed by atoms with Gasteiger partial charge in [-0.2, -0.15) is 0 Å². The molecular formula is C15H14Br2N2O2. The minimum Gasteiger partial charge on any atom is -0.306 e. The highest BCUT2D eigenvalue weighted by Gasteiger charge is 2.14. The molecule has 0 radical (unpaired) electrons. The molecule has 0 saturated heterocycles. The van der Waals surface area contributed by atoms with Crippen LogP contribution in [-0.2, 0) is 6.54 Å². The molecule has 110 valence electrons. The first kappa shape index (κ1) is 16.1. The van der Waals surface area contributed by atoms with Crippen LogP contribution in [0.2, 0.25) is 0 Å². The molecule has 1 N–H and O–H groups in total. The Bertz CT molecular complexity index is 645. The molecule has 2 aromatic rings. The van der Waals surface area contributed by atoms with Crippen LogP contribution in [0.3, 0.4) is 0 Å². The molecule has 0 saturated carbocycles. The molecule has 21 heavy (non-hydrogen) atoms. The first-order chi connectivity index (χ1) is 9.97. The van der Waals surface area contributed by atoms with Gasteiger partial charge in [-0.15, -0.1) is 0 Å². The van der Waals surface area contributed by atoms with Crippen molar-refractivity contribution < 1.29 is 4.92 Å². The van der Waals surface area contributed by atoms with Crippen molar-refractivity contribution in [2.24, 2.45) is 0 Å². The van der Waals surface area contributed by atoms with Gasteiger partial charge in [-0.05, 0) is 36.8 Å². The van der Waals surface area contributed by atoms with Crippen molar-refractivity contribution in [2.45, 2.75) is 19.5 Å². The summed E-state index contributed by atoms with van der Waals surface area (Å²) in [6.45, 7) is 2.47. The zero-order chi connectivity index (χ0) is 15.4. The summed E-state index contributed by atoms with van der Waals surface area (Å²) in [5, 5.41) is 14.4. The van der Waals surface area contributed by atoms with Gasteiger partial charge in [-0.25, -0.2) is 0 Å². The average Bonchev–Trinajstić information content (AvgIpc) is 2.45. The SMILES string of the molecule is CC(NCc1cc(Br)ccc1[N+](=O)[O-])c1ccc(Br)cc1. The number of nitrogens with zero attached hydrogens (tertiary/aromatic N) is 1. The predicted octanol–water partition coefficient (Wildman–Crippen LogP) is 4.97. The molecule has 0 bridgehead atoms. The quantitative estimate of drug-likeness (QED) is 0.556. The summed E-state index contributed by atoms with van der Waals surface area (Å²) in [6, 6.07) is 13.1. The fourth-order valence-corrected chi connectivity index (χ4v) is 2.68. The minimum absolute atomic E-state index is 0.108. The van der Waals surface area contributed by atoms with Gasteiger partial charge < -0.3 is 5.32 Å². The molecule has 0 aliphatic heterocycles. The zero-order valence-corrected chi connectivity index (χ0v) is 14.5. The molecule has 0 fully saturated rings. The number of nitro benzene ring substituents is 1. The maximum atomic E-state index is 11.0. The van der Waals surface area contributed by atoms with Crippen LogP contribution in [0.5, 0.6) is 0 Å². The van der Waals surface area contributed by atoms with Crippen LogP contribution in [0.1, 0.15) is 24.1 Å². The summed E-state index contributed by atoms with van der Waals surface area (Å²) in [5.41, 5.74) is 1.93. The van der Waals surface area contributed by atoms with E-state index in [-0.39, 0.29) is 16.7 Å². The van der Waals surface area contributed by atoms with E-state index in [1.807, 2.05) is 31.2 Å². The highest BCUT2D eigenvalue weighted by molar-refractivity contribution is 9.10. The summed E-state index contributed by atoms with van der Waals surface area (Å²) >= 11 is 6.75. The van der Waals surface area contributed by atoms with Crippen molar-refractivity contribution in [3.05, 3.63) is 72.7 Å². The van der Waals surface area contributed by atoms with Gasteiger partial charge in [0.05, 0.1) is 4.92 Å². The van der Waals surface area contributed by atoms with Crippen molar-refractivity contribution in [2.75, 3.05) is 0 Å².